The average molecular weight is 206 g/mol. The third-order valence-electron chi connectivity index (χ3n) is 2.42. The largest absolute Gasteiger partial charge is 0.479 e. The summed E-state index contributed by atoms with van der Waals surface area (Å²) in [5.74, 6) is -1.87. The Morgan fingerprint density at radius 1 is 1.36 bits per heavy atom. The molecule has 1 saturated heterocycles. The lowest BCUT2D eigenvalue weighted by Gasteiger charge is -2.38. The molecule has 1 aliphatic heterocycles. The number of aliphatic hydroxyl groups is 2. The normalized spacial score (nSPS) is 43.6. The molecule has 0 aromatic rings. The highest BCUT2D eigenvalue weighted by Gasteiger charge is 2.45. The van der Waals surface area contributed by atoms with Gasteiger partial charge in [0, 0.05) is 13.0 Å². The number of carboxylic acids is 1. The number of carboxylic acid groups (broad SMARTS) is 1. The molecule has 1 heterocycles. The van der Waals surface area contributed by atoms with Gasteiger partial charge < -0.3 is 24.8 Å². The Morgan fingerprint density at radius 2 is 1.93 bits per heavy atom. The number of methoxy groups -OCH3 is 1. The maximum atomic E-state index is 10.7. The van der Waals surface area contributed by atoms with Crippen LogP contribution in [0.15, 0.2) is 0 Å². The number of carbonyl (C=O) groups is 1. The zero-order valence-electron chi connectivity index (χ0n) is 7.95. The molecule has 0 aliphatic carbocycles. The molecular weight excluding hydrogens is 192 g/mol. The average Bonchev–Trinajstić information content (AvgIpc) is 2.14. The highest BCUT2D eigenvalue weighted by molar-refractivity contribution is 5.73. The number of hydrogen-bond acceptors (Lipinski definition) is 5. The van der Waals surface area contributed by atoms with Crippen LogP contribution in [-0.4, -0.2) is 53.0 Å². The lowest BCUT2D eigenvalue weighted by atomic mass is 9.91. The van der Waals surface area contributed by atoms with Gasteiger partial charge in [0.2, 0.25) is 0 Å². The lowest BCUT2D eigenvalue weighted by molar-refractivity contribution is -0.273. The van der Waals surface area contributed by atoms with E-state index < -0.39 is 36.5 Å². The van der Waals surface area contributed by atoms with Gasteiger partial charge in [-0.25, -0.2) is 4.79 Å². The van der Waals surface area contributed by atoms with Crippen molar-refractivity contribution in [3.05, 3.63) is 0 Å². The monoisotopic (exact) mass is 206 g/mol. The Kier molecular flexibility index (Phi) is 3.43. The van der Waals surface area contributed by atoms with Crippen molar-refractivity contribution in [2.75, 3.05) is 7.11 Å². The maximum absolute atomic E-state index is 10.7. The van der Waals surface area contributed by atoms with Gasteiger partial charge in [0.15, 0.2) is 12.4 Å². The Labute approximate surface area is 81.1 Å². The number of ether oxygens (including phenoxy) is 2. The summed E-state index contributed by atoms with van der Waals surface area (Å²) in [6.07, 6.45) is -4.60. The van der Waals surface area contributed by atoms with E-state index in [0.29, 0.717) is 0 Å². The first-order valence-electron chi connectivity index (χ1n) is 4.26. The summed E-state index contributed by atoms with van der Waals surface area (Å²) in [5, 5.41) is 27.7. The SMILES string of the molecule is CO[C@@H]1OC(C(=O)O)[C@@H](O)C(C)C1O. The minimum absolute atomic E-state index is 0.602. The summed E-state index contributed by atoms with van der Waals surface area (Å²) in [6, 6.07) is 0. The molecule has 0 bridgehead atoms. The third kappa shape index (κ3) is 1.88. The molecule has 5 atom stereocenters. The second-order valence-electron chi connectivity index (χ2n) is 3.34. The summed E-state index contributed by atoms with van der Waals surface area (Å²) in [6.45, 7) is 1.54. The van der Waals surface area contributed by atoms with Crippen LogP contribution in [0.3, 0.4) is 0 Å². The van der Waals surface area contributed by atoms with Gasteiger partial charge in [-0.2, -0.15) is 0 Å². The summed E-state index contributed by atoms with van der Waals surface area (Å²) in [4.78, 5) is 10.7. The van der Waals surface area contributed by atoms with Crippen molar-refractivity contribution in [1.82, 2.24) is 0 Å². The van der Waals surface area contributed by atoms with Crippen LogP contribution in [0.1, 0.15) is 6.92 Å². The fourth-order valence-electron chi connectivity index (χ4n) is 1.43. The molecular formula is C8H14O6. The number of aliphatic hydroxyl groups excluding tert-OH is 2. The third-order valence-corrected chi connectivity index (χ3v) is 2.42. The first-order valence-corrected chi connectivity index (χ1v) is 4.26. The summed E-state index contributed by atoms with van der Waals surface area (Å²) in [7, 11) is 1.30. The molecule has 6 nitrogen and oxygen atoms in total. The molecule has 0 spiro atoms. The van der Waals surface area contributed by atoms with Gasteiger partial charge in [-0.05, 0) is 0 Å². The molecule has 3 unspecified atom stereocenters. The zero-order valence-corrected chi connectivity index (χ0v) is 7.95. The van der Waals surface area contributed by atoms with Crippen molar-refractivity contribution in [1.29, 1.82) is 0 Å². The van der Waals surface area contributed by atoms with E-state index in [2.05, 4.69) is 0 Å². The van der Waals surface area contributed by atoms with Crippen LogP contribution in [0.2, 0.25) is 0 Å². The van der Waals surface area contributed by atoms with Crippen LogP contribution >= 0.6 is 0 Å². The van der Waals surface area contributed by atoms with Gasteiger partial charge in [-0.1, -0.05) is 6.92 Å². The van der Waals surface area contributed by atoms with Gasteiger partial charge >= 0.3 is 5.97 Å². The van der Waals surface area contributed by atoms with Crippen LogP contribution < -0.4 is 0 Å². The number of aliphatic carboxylic acids is 1. The Bertz CT molecular complexity index is 216. The minimum Gasteiger partial charge on any atom is -0.479 e. The second-order valence-corrected chi connectivity index (χ2v) is 3.34. The zero-order chi connectivity index (χ0) is 10.9. The van der Waals surface area contributed by atoms with Crippen LogP contribution in [-0.2, 0) is 14.3 Å². The molecule has 14 heavy (non-hydrogen) atoms. The van der Waals surface area contributed by atoms with Gasteiger partial charge in [-0.15, -0.1) is 0 Å². The van der Waals surface area contributed by atoms with Crippen LogP contribution in [0.4, 0.5) is 0 Å². The van der Waals surface area contributed by atoms with Gasteiger partial charge in [0.05, 0.1) is 6.10 Å². The highest BCUT2D eigenvalue weighted by atomic mass is 16.7. The Hall–Kier alpha value is -0.690. The Morgan fingerprint density at radius 3 is 2.36 bits per heavy atom. The molecule has 0 amide bonds. The lowest BCUT2D eigenvalue weighted by Crippen LogP contribution is -2.56. The fraction of sp³-hybridized carbons (Fsp3) is 0.875. The van der Waals surface area contributed by atoms with Crippen LogP contribution in [0.25, 0.3) is 0 Å². The van der Waals surface area contributed by atoms with Crippen molar-refractivity contribution >= 4 is 5.97 Å². The van der Waals surface area contributed by atoms with E-state index in [1.165, 1.54) is 7.11 Å². The molecule has 0 aromatic heterocycles. The Balaban J connectivity index is 2.78. The summed E-state index contributed by atoms with van der Waals surface area (Å²) >= 11 is 0. The molecule has 0 radical (unpaired) electrons. The highest BCUT2D eigenvalue weighted by Crippen LogP contribution is 2.26. The van der Waals surface area contributed by atoms with Crippen molar-refractivity contribution < 1.29 is 29.6 Å². The molecule has 1 fully saturated rings. The molecule has 1 rings (SSSR count). The van der Waals surface area contributed by atoms with Crippen LogP contribution in [0, 0.1) is 5.92 Å². The summed E-state index contributed by atoms with van der Waals surface area (Å²) in [5.41, 5.74) is 0. The predicted molar refractivity (Wildman–Crippen MR) is 44.5 cm³/mol. The van der Waals surface area contributed by atoms with Gasteiger partial charge in [-0.3, -0.25) is 0 Å². The standard InChI is InChI=1S/C8H14O6/c1-3-4(9)6(7(11)12)14-8(13-2)5(3)10/h3-6,8-10H,1-2H3,(H,11,12)/t3?,4-,5?,6?,8+/m0/s1. The van der Waals surface area contributed by atoms with E-state index in [-0.39, 0.29) is 0 Å². The van der Waals surface area contributed by atoms with E-state index in [1.54, 1.807) is 6.92 Å². The maximum Gasteiger partial charge on any atom is 0.335 e. The van der Waals surface area contributed by atoms with E-state index >= 15 is 0 Å². The van der Waals surface area contributed by atoms with Gasteiger partial charge in [0.25, 0.3) is 0 Å². The fourth-order valence-corrected chi connectivity index (χ4v) is 1.43. The van der Waals surface area contributed by atoms with E-state index in [4.69, 9.17) is 14.6 Å². The van der Waals surface area contributed by atoms with Crippen molar-refractivity contribution in [2.24, 2.45) is 5.92 Å². The van der Waals surface area contributed by atoms with Gasteiger partial charge in [0.1, 0.15) is 6.10 Å². The van der Waals surface area contributed by atoms with E-state index in [0.717, 1.165) is 0 Å². The van der Waals surface area contributed by atoms with Crippen LogP contribution in [0.5, 0.6) is 0 Å². The number of rotatable bonds is 2. The minimum atomic E-state index is -1.35. The molecule has 3 N–H and O–H groups in total. The smallest absolute Gasteiger partial charge is 0.335 e. The van der Waals surface area contributed by atoms with Crippen molar-refractivity contribution in [3.8, 4) is 0 Å². The summed E-state index contributed by atoms with van der Waals surface area (Å²) < 4.78 is 9.63. The van der Waals surface area contributed by atoms with E-state index in [9.17, 15) is 15.0 Å². The molecule has 1 aliphatic rings. The quantitative estimate of drug-likeness (QED) is 0.525. The first-order chi connectivity index (χ1) is 6.49. The molecule has 82 valence electrons. The molecule has 0 aromatic carbocycles. The number of hydrogen-bond donors (Lipinski definition) is 3. The molecule has 6 heteroatoms. The first kappa shape index (κ1) is 11.4. The topological polar surface area (TPSA) is 96.2 Å². The van der Waals surface area contributed by atoms with Crippen molar-refractivity contribution in [2.45, 2.75) is 31.5 Å². The van der Waals surface area contributed by atoms with E-state index in [1.807, 2.05) is 0 Å². The molecule has 0 saturated carbocycles. The van der Waals surface area contributed by atoms with Crippen molar-refractivity contribution in [3.63, 3.8) is 0 Å². The predicted octanol–water partition coefficient (Wildman–Crippen LogP) is -1.20. The second kappa shape index (κ2) is 4.22.